The average Bonchev–Trinajstić information content (AvgIpc) is 3.08. The van der Waals surface area contributed by atoms with E-state index in [2.05, 4.69) is 12.2 Å². The molecule has 7 nitrogen and oxygen atoms in total. The summed E-state index contributed by atoms with van der Waals surface area (Å²) in [7, 11) is 4.74. The Hall–Kier alpha value is -2.35. The van der Waals surface area contributed by atoms with Gasteiger partial charge in [-0.1, -0.05) is 23.3 Å². The van der Waals surface area contributed by atoms with Crippen LogP contribution >= 0.6 is 0 Å². The average molecular weight is 421 g/mol. The second-order valence-electron chi connectivity index (χ2n) is 7.36. The van der Waals surface area contributed by atoms with Gasteiger partial charge in [0, 0.05) is 25.3 Å². The molecule has 7 heteroatoms. The summed E-state index contributed by atoms with van der Waals surface area (Å²) in [4.78, 5) is 12.3. The molecule has 1 unspecified atom stereocenters. The number of carbonyl (C=O) groups is 1. The second-order valence-corrected chi connectivity index (χ2v) is 7.36. The van der Waals surface area contributed by atoms with Crippen molar-refractivity contribution in [3.63, 3.8) is 0 Å². The predicted octanol–water partition coefficient (Wildman–Crippen LogP) is 4.18. The van der Waals surface area contributed by atoms with Crippen molar-refractivity contribution in [2.75, 3.05) is 34.9 Å². The lowest BCUT2D eigenvalue weighted by Gasteiger charge is -2.17. The van der Waals surface area contributed by atoms with Gasteiger partial charge in [0.15, 0.2) is 6.79 Å². The van der Waals surface area contributed by atoms with Crippen LogP contribution in [-0.2, 0) is 32.0 Å². The minimum Gasteiger partial charge on any atom is -0.496 e. The first-order valence-corrected chi connectivity index (χ1v) is 9.84. The minimum atomic E-state index is -0.391. The number of benzene rings is 1. The van der Waals surface area contributed by atoms with Gasteiger partial charge in [-0.15, -0.1) is 0 Å². The van der Waals surface area contributed by atoms with E-state index < -0.39 is 5.97 Å². The molecule has 0 saturated carbocycles. The van der Waals surface area contributed by atoms with Crippen LogP contribution in [0.5, 0.6) is 11.5 Å². The van der Waals surface area contributed by atoms with Gasteiger partial charge in [-0.2, -0.15) is 0 Å². The second kappa shape index (κ2) is 11.7. The van der Waals surface area contributed by atoms with E-state index in [0.717, 1.165) is 23.1 Å². The number of hydrogen-bond donors (Lipinski definition) is 0. The molecule has 0 bridgehead atoms. The molecule has 0 aliphatic carbocycles. The van der Waals surface area contributed by atoms with Crippen LogP contribution in [-0.4, -0.2) is 47.0 Å². The van der Waals surface area contributed by atoms with Crippen LogP contribution < -0.4 is 9.47 Å². The fourth-order valence-electron chi connectivity index (χ4n) is 3.30. The van der Waals surface area contributed by atoms with Crippen LogP contribution in [0.25, 0.3) is 0 Å². The van der Waals surface area contributed by atoms with Crippen LogP contribution in [0.4, 0.5) is 0 Å². The van der Waals surface area contributed by atoms with Gasteiger partial charge < -0.3 is 28.4 Å². The molecule has 1 atom stereocenters. The topological polar surface area (TPSA) is 72.5 Å². The molecule has 1 heterocycles. The van der Waals surface area contributed by atoms with Crippen molar-refractivity contribution in [1.82, 2.24) is 0 Å². The minimum absolute atomic E-state index is 0.0239. The summed E-state index contributed by atoms with van der Waals surface area (Å²) in [6, 6.07) is 1.84. The van der Waals surface area contributed by atoms with Crippen molar-refractivity contribution in [3.8, 4) is 11.5 Å². The molecule has 2 rings (SSSR count). The van der Waals surface area contributed by atoms with Crippen molar-refractivity contribution < 1.29 is 33.2 Å². The standard InChI is InChI=1S/C23H32O7/c1-15(2)9-18(29-13-25-4)10-16(3)7-8-19-20(27-6)11-17-12-28-23(24)21(17)22(19)30-14-26-5/h7,9,11,18H,8,10,12-14H2,1-6H3/b16-7+. The highest BCUT2D eigenvalue weighted by Gasteiger charge is 2.30. The SMILES string of the molecule is COCOc1c(C/C=C(\C)CC(C=C(C)C)OCOC)c(OC)cc2c1C(=O)OC2. The Morgan fingerprint density at radius 1 is 1.17 bits per heavy atom. The maximum Gasteiger partial charge on any atom is 0.342 e. The van der Waals surface area contributed by atoms with Gasteiger partial charge in [-0.3, -0.25) is 0 Å². The van der Waals surface area contributed by atoms with Crippen LogP contribution in [0.2, 0.25) is 0 Å². The van der Waals surface area contributed by atoms with E-state index in [0.29, 0.717) is 23.5 Å². The quantitative estimate of drug-likeness (QED) is 0.285. The van der Waals surface area contributed by atoms with Gasteiger partial charge >= 0.3 is 5.97 Å². The number of allylic oxidation sites excluding steroid dienone is 2. The zero-order valence-corrected chi connectivity index (χ0v) is 18.7. The molecule has 0 amide bonds. The van der Waals surface area contributed by atoms with Crippen LogP contribution in [0.1, 0.15) is 48.7 Å². The van der Waals surface area contributed by atoms with E-state index >= 15 is 0 Å². The molecule has 166 valence electrons. The van der Waals surface area contributed by atoms with E-state index in [-0.39, 0.29) is 26.3 Å². The summed E-state index contributed by atoms with van der Waals surface area (Å²) < 4.78 is 32.4. The van der Waals surface area contributed by atoms with Crippen LogP contribution in [0, 0.1) is 0 Å². The summed E-state index contributed by atoms with van der Waals surface area (Å²) in [5, 5.41) is 0. The Morgan fingerprint density at radius 3 is 2.53 bits per heavy atom. The Kier molecular flexibility index (Phi) is 9.36. The van der Waals surface area contributed by atoms with E-state index in [1.165, 1.54) is 12.7 Å². The van der Waals surface area contributed by atoms with Crippen molar-refractivity contribution in [1.29, 1.82) is 0 Å². The molecule has 1 aliphatic rings. The summed E-state index contributed by atoms with van der Waals surface area (Å²) in [5.41, 5.74) is 4.29. The number of cyclic esters (lactones) is 1. The molecule has 0 N–H and O–H groups in total. The van der Waals surface area contributed by atoms with Gasteiger partial charge in [0.05, 0.1) is 13.2 Å². The van der Waals surface area contributed by atoms with E-state index in [1.54, 1.807) is 14.2 Å². The molecule has 1 aromatic rings. The molecule has 30 heavy (non-hydrogen) atoms. The monoisotopic (exact) mass is 420 g/mol. The molecule has 0 aromatic heterocycles. The third-order valence-corrected chi connectivity index (χ3v) is 4.63. The van der Waals surface area contributed by atoms with Crippen molar-refractivity contribution in [3.05, 3.63) is 46.1 Å². The number of rotatable bonds is 12. The van der Waals surface area contributed by atoms with Gasteiger partial charge in [0.25, 0.3) is 0 Å². The molecule has 1 aliphatic heterocycles. The lowest BCUT2D eigenvalue weighted by molar-refractivity contribution is -0.0551. The smallest absolute Gasteiger partial charge is 0.342 e. The molecule has 0 radical (unpaired) electrons. The fourth-order valence-corrected chi connectivity index (χ4v) is 3.30. The van der Waals surface area contributed by atoms with Crippen molar-refractivity contribution >= 4 is 5.97 Å². The third kappa shape index (κ3) is 6.32. The molecule has 0 spiro atoms. The highest BCUT2D eigenvalue weighted by atomic mass is 16.7. The van der Waals surface area contributed by atoms with Crippen LogP contribution in [0.3, 0.4) is 0 Å². The first-order chi connectivity index (χ1) is 14.4. The summed E-state index contributed by atoms with van der Waals surface area (Å²) in [6.07, 6.45) is 5.34. The first kappa shape index (κ1) is 23.9. The molecule has 0 saturated heterocycles. The Balaban J connectivity index is 2.30. The zero-order chi connectivity index (χ0) is 22.1. The van der Waals surface area contributed by atoms with Gasteiger partial charge in [-0.25, -0.2) is 4.79 Å². The molecule has 0 fully saturated rings. The summed E-state index contributed by atoms with van der Waals surface area (Å²) in [5.74, 6) is 0.713. The zero-order valence-electron chi connectivity index (χ0n) is 18.7. The third-order valence-electron chi connectivity index (χ3n) is 4.63. The van der Waals surface area contributed by atoms with Gasteiger partial charge in [0.2, 0.25) is 0 Å². The maximum absolute atomic E-state index is 12.3. The Morgan fingerprint density at radius 2 is 1.90 bits per heavy atom. The molecular weight excluding hydrogens is 388 g/mol. The van der Waals surface area contributed by atoms with Gasteiger partial charge in [-0.05, 0) is 39.7 Å². The number of ether oxygens (including phenoxy) is 6. The summed E-state index contributed by atoms with van der Waals surface area (Å²) in [6.45, 7) is 6.59. The Labute approximate surface area is 178 Å². The normalized spacial score (nSPS) is 14.2. The highest BCUT2D eigenvalue weighted by Crippen LogP contribution is 2.39. The molecular formula is C23H32O7. The number of esters is 1. The number of hydrogen-bond acceptors (Lipinski definition) is 7. The van der Waals surface area contributed by atoms with E-state index in [1.807, 2.05) is 26.8 Å². The Bertz CT molecular complexity index is 791. The number of fused-ring (bicyclic) bond motifs is 1. The van der Waals surface area contributed by atoms with Crippen molar-refractivity contribution in [2.45, 2.75) is 46.3 Å². The number of carbonyl (C=O) groups excluding carboxylic acids is 1. The van der Waals surface area contributed by atoms with Gasteiger partial charge in [0.1, 0.15) is 30.5 Å². The highest BCUT2D eigenvalue weighted by molar-refractivity contribution is 5.97. The number of methoxy groups -OCH3 is 3. The predicted molar refractivity (Wildman–Crippen MR) is 113 cm³/mol. The largest absolute Gasteiger partial charge is 0.496 e. The lowest BCUT2D eigenvalue weighted by atomic mass is 9.98. The van der Waals surface area contributed by atoms with Crippen LogP contribution in [0.15, 0.2) is 29.4 Å². The first-order valence-electron chi connectivity index (χ1n) is 9.84. The molecule has 1 aromatic carbocycles. The lowest BCUT2D eigenvalue weighted by Crippen LogP contribution is -2.13. The van der Waals surface area contributed by atoms with E-state index in [9.17, 15) is 4.79 Å². The maximum atomic E-state index is 12.3. The fraction of sp³-hybridized carbons (Fsp3) is 0.522. The summed E-state index contributed by atoms with van der Waals surface area (Å²) >= 11 is 0. The van der Waals surface area contributed by atoms with E-state index in [4.69, 9.17) is 28.4 Å². The van der Waals surface area contributed by atoms with Crippen molar-refractivity contribution in [2.24, 2.45) is 0 Å².